The fourth-order valence-corrected chi connectivity index (χ4v) is 8.80. The van der Waals surface area contributed by atoms with Crippen molar-refractivity contribution in [3.05, 3.63) is 267 Å². The van der Waals surface area contributed by atoms with Gasteiger partial charge in [0, 0.05) is 22.3 Å². The van der Waals surface area contributed by atoms with Crippen LogP contribution in [0.15, 0.2) is 267 Å². The number of aromatic nitrogens is 2. The van der Waals surface area contributed by atoms with Gasteiger partial charge in [0.05, 0.1) is 22.8 Å². The van der Waals surface area contributed by atoms with Crippen LogP contribution in [0.5, 0.6) is 0 Å². The second-order valence-corrected chi connectivity index (χ2v) is 16.6. The molecule has 0 unspecified atom stereocenters. The summed E-state index contributed by atoms with van der Waals surface area (Å²) in [4.78, 5) is 10.5. The molecule has 0 aliphatic carbocycles. The molecule has 2 heteroatoms. The van der Waals surface area contributed by atoms with Crippen molar-refractivity contribution in [2.45, 2.75) is 0 Å². The predicted octanol–water partition coefficient (Wildman–Crippen LogP) is 17.1. The average molecular weight is 841 g/mol. The Hall–Kier alpha value is -8.72. The van der Waals surface area contributed by atoms with Crippen LogP contribution in [0.3, 0.4) is 0 Å². The van der Waals surface area contributed by atoms with E-state index in [1.54, 1.807) is 0 Å². The van der Waals surface area contributed by atoms with Crippen molar-refractivity contribution in [2.24, 2.45) is 0 Å². The minimum Gasteiger partial charge on any atom is -0.248 e. The molecule has 310 valence electrons. The molecule has 0 aliphatic heterocycles. The van der Waals surface area contributed by atoms with Gasteiger partial charge in [-0.05, 0) is 127 Å². The van der Waals surface area contributed by atoms with E-state index in [-0.39, 0.29) is 0 Å². The molecule has 0 radical (unpaired) electrons. The Morgan fingerprint density at radius 1 is 0.136 bits per heavy atom. The van der Waals surface area contributed by atoms with E-state index >= 15 is 0 Å². The highest BCUT2D eigenvalue weighted by Gasteiger charge is 2.15. The van der Waals surface area contributed by atoms with E-state index in [9.17, 15) is 0 Å². The zero-order valence-electron chi connectivity index (χ0n) is 36.3. The fraction of sp³-hybridized carbons (Fsp3) is 0. The van der Waals surface area contributed by atoms with Crippen LogP contribution in [0.25, 0.3) is 112 Å². The molecular formula is C64H44N2. The summed E-state index contributed by atoms with van der Waals surface area (Å²) >= 11 is 0. The first-order valence-corrected chi connectivity index (χ1v) is 22.5. The first-order chi connectivity index (χ1) is 32.7. The Balaban J connectivity index is 1.03. The van der Waals surface area contributed by atoms with Gasteiger partial charge < -0.3 is 0 Å². The summed E-state index contributed by atoms with van der Waals surface area (Å²) in [7, 11) is 0. The summed E-state index contributed by atoms with van der Waals surface area (Å²) in [5, 5.41) is 0. The second-order valence-electron chi connectivity index (χ2n) is 16.6. The molecule has 11 rings (SSSR count). The number of hydrogen-bond acceptors (Lipinski definition) is 2. The normalized spacial score (nSPS) is 11.0. The largest absolute Gasteiger partial charge is 0.248 e. The van der Waals surface area contributed by atoms with Crippen molar-refractivity contribution < 1.29 is 0 Å². The number of benzene rings is 9. The van der Waals surface area contributed by atoms with Gasteiger partial charge in [-0.2, -0.15) is 0 Å². The maximum absolute atomic E-state index is 5.33. The van der Waals surface area contributed by atoms with Crippen molar-refractivity contribution in [3.8, 4) is 112 Å². The third kappa shape index (κ3) is 8.64. The maximum Gasteiger partial charge on any atom is 0.0716 e. The lowest BCUT2D eigenvalue weighted by atomic mass is 9.91. The molecular weight excluding hydrogens is 797 g/mol. The average Bonchev–Trinajstić information content (AvgIpc) is 3.42. The molecule has 66 heavy (non-hydrogen) atoms. The van der Waals surface area contributed by atoms with Crippen molar-refractivity contribution in [1.82, 2.24) is 9.97 Å². The molecule has 0 atom stereocenters. The van der Waals surface area contributed by atoms with E-state index in [1.165, 1.54) is 5.56 Å². The highest BCUT2D eigenvalue weighted by molar-refractivity contribution is 5.87. The van der Waals surface area contributed by atoms with Crippen LogP contribution in [-0.4, -0.2) is 9.97 Å². The van der Waals surface area contributed by atoms with Crippen molar-refractivity contribution in [1.29, 1.82) is 0 Å². The number of nitrogens with zero attached hydrogens (tertiary/aromatic N) is 2. The molecule has 2 heterocycles. The molecule has 0 spiro atoms. The van der Waals surface area contributed by atoms with Gasteiger partial charge in [0.25, 0.3) is 0 Å². The van der Waals surface area contributed by atoms with Gasteiger partial charge in [-0.25, -0.2) is 9.97 Å². The smallest absolute Gasteiger partial charge is 0.0716 e. The van der Waals surface area contributed by atoms with Gasteiger partial charge in [0.15, 0.2) is 0 Å². The van der Waals surface area contributed by atoms with E-state index < -0.39 is 0 Å². The number of rotatable bonds is 10. The van der Waals surface area contributed by atoms with Crippen LogP contribution in [0.1, 0.15) is 0 Å². The predicted molar refractivity (Wildman–Crippen MR) is 276 cm³/mol. The third-order valence-corrected chi connectivity index (χ3v) is 12.2. The molecule has 0 fully saturated rings. The Labute approximate surface area is 386 Å². The quantitative estimate of drug-likeness (QED) is 0.137. The molecule has 0 bridgehead atoms. The van der Waals surface area contributed by atoms with Gasteiger partial charge in [-0.1, -0.05) is 206 Å². The van der Waals surface area contributed by atoms with Crippen LogP contribution in [0, 0.1) is 0 Å². The standard InChI is InChI=1S/C64H44N2/c1-7-19-45(20-8-1)53-35-54(38-57(37-53)59-43-62(51-27-15-5-16-28-51)65-63(44-59)52-29-17-6-18-30-52)48-31-33-49(34-32-48)56-36-55(46-21-9-2-10-22-46)39-60(40-56)64-42-58(47-23-11-3-12-24-47)41-61(66-64)50-25-13-4-14-26-50/h1-44H. The van der Waals surface area contributed by atoms with Crippen LogP contribution >= 0.6 is 0 Å². The van der Waals surface area contributed by atoms with Gasteiger partial charge >= 0.3 is 0 Å². The van der Waals surface area contributed by atoms with Crippen LogP contribution < -0.4 is 0 Å². The molecule has 2 nitrogen and oxygen atoms in total. The summed E-state index contributed by atoms with van der Waals surface area (Å²) in [6.07, 6.45) is 0. The zero-order chi connectivity index (χ0) is 44.1. The van der Waals surface area contributed by atoms with E-state index in [0.717, 1.165) is 106 Å². The Morgan fingerprint density at radius 3 is 0.606 bits per heavy atom. The van der Waals surface area contributed by atoms with Gasteiger partial charge in [-0.15, -0.1) is 0 Å². The van der Waals surface area contributed by atoms with Crippen molar-refractivity contribution >= 4 is 0 Å². The lowest BCUT2D eigenvalue weighted by molar-refractivity contribution is 1.32. The first-order valence-electron chi connectivity index (χ1n) is 22.5. The molecule has 2 aromatic heterocycles. The lowest BCUT2D eigenvalue weighted by Crippen LogP contribution is -1.93. The topological polar surface area (TPSA) is 25.8 Å². The molecule has 0 saturated carbocycles. The SMILES string of the molecule is c1ccc(-c2cc(-c3ccc(-c4cc(-c5ccccc5)cc(-c5cc(-c6ccccc6)cc(-c6ccccc6)n5)c4)cc3)cc(-c3cc(-c4ccccc4)nc(-c4ccccc4)c3)c2)cc1. The van der Waals surface area contributed by atoms with E-state index in [2.05, 4.69) is 267 Å². The monoisotopic (exact) mass is 840 g/mol. The highest BCUT2D eigenvalue weighted by Crippen LogP contribution is 2.39. The molecule has 11 aromatic rings. The zero-order valence-corrected chi connectivity index (χ0v) is 36.3. The molecule has 0 amide bonds. The van der Waals surface area contributed by atoms with Crippen LogP contribution in [0.2, 0.25) is 0 Å². The Morgan fingerprint density at radius 2 is 0.318 bits per heavy atom. The molecule has 9 aromatic carbocycles. The highest BCUT2D eigenvalue weighted by atomic mass is 14.7. The maximum atomic E-state index is 5.33. The van der Waals surface area contributed by atoms with Crippen molar-refractivity contribution in [3.63, 3.8) is 0 Å². The number of hydrogen-bond donors (Lipinski definition) is 0. The molecule has 0 saturated heterocycles. The summed E-state index contributed by atoms with van der Waals surface area (Å²) < 4.78 is 0. The molecule has 0 N–H and O–H groups in total. The van der Waals surface area contributed by atoms with Crippen molar-refractivity contribution in [2.75, 3.05) is 0 Å². The van der Waals surface area contributed by atoms with Gasteiger partial charge in [-0.3, -0.25) is 0 Å². The van der Waals surface area contributed by atoms with E-state index in [0.29, 0.717) is 0 Å². The Kier molecular flexibility index (Phi) is 11.0. The lowest BCUT2D eigenvalue weighted by Gasteiger charge is -2.15. The summed E-state index contributed by atoms with van der Waals surface area (Å²) in [6.45, 7) is 0. The second kappa shape index (κ2) is 18.2. The van der Waals surface area contributed by atoms with E-state index in [4.69, 9.17) is 9.97 Å². The minimum absolute atomic E-state index is 0.929. The summed E-state index contributed by atoms with van der Waals surface area (Å²) in [5.41, 5.74) is 21.8. The van der Waals surface area contributed by atoms with Gasteiger partial charge in [0.1, 0.15) is 0 Å². The number of pyridine rings is 2. The van der Waals surface area contributed by atoms with Crippen LogP contribution in [0.4, 0.5) is 0 Å². The molecule has 0 aliphatic rings. The minimum atomic E-state index is 0.929. The first kappa shape index (κ1) is 40.1. The van der Waals surface area contributed by atoms with Gasteiger partial charge in [0.2, 0.25) is 0 Å². The van der Waals surface area contributed by atoms with E-state index in [1.807, 2.05) is 0 Å². The summed E-state index contributed by atoms with van der Waals surface area (Å²) in [5.74, 6) is 0. The Bertz CT molecular complexity index is 3060. The third-order valence-electron chi connectivity index (χ3n) is 12.2. The van der Waals surface area contributed by atoms with Crippen LogP contribution in [-0.2, 0) is 0 Å². The fourth-order valence-electron chi connectivity index (χ4n) is 8.80. The summed E-state index contributed by atoms with van der Waals surface area (Å²) in [6, 6.07) is 95.0.